The summed E-state index contributed by atoms with van der Waals surface area (Å²) in [5.74, 6) is -0.743. The molecule has 29 heavy (non-hydrogen) atoms. The lowest BCUT2D eigenvalue weighted by atomic mass is 9.82. The number of esters is 1. The van der Waals surface area contributed by atoms with Gasteiger partial charge < -0.3 is 10.1 Å². The molecule has 1 unspecified atom stereocenters. The molecule has 0 saturated heterocycles. The van der Waals surface area contributed by atoms with E-state index >= 15 is 0 Å². The Hall–Kier alpha value is -3.14. The molecule has 148 valence electrons. The van der Waals surface area contributed by atoms with Crippen LogP contribution in [0.1, 0.15) is 35.4 Å². The summed E-state index contributed by atoms with van der Waals surface area (Å²) in [6.07, 6.45) is 3.17. The van der Waals surface area contributed by atoms with Crippen molar-refractivity contribution in [2.24, 2.45) is 0 Å². The van der Waals surface area contributed by atoms with Gasteiger partial charge in [-0.3, -0.25) is 4.79 Å². The fourth-order valence-corrected chi connectivity index (χ4v) is 4.24. The fraction of sp³-hybridized carbons (Fsp3) is 0.280. The first-order valence-electron chi connectivity index (χ1n) is 10.1. The Bertz CT molecular complexity index is 1040. The maximum absolute atomic E-state index is 13.1. The fourth-order valence-electron chi connectivity index (χ4n) is 4.24. The first-order valence-corrected chi connectivity index (χ1v) is 10.1. The number of fused-ring (bicyclic) bond motifs is 2. The van der Waals surface area contributed by atoms with E-state index in [0.717, 1.165) is 41.2 Å². The van der Waals surface area contributed by atoms with Gasteiger partial charge in [0.15, 0.2) is 0 Å². The average Bonchev–Trinajstić information content (AvgIpc) is 2.77. The number of benzene rings is 3. The summed E-state index contributed by atoms with van der Waals surface area (Å²) in [5.41, 5.74) is 3.29. The van der Waals surface area contributed by atoms with E-state index in [1.807, 2.05) is 48.5 Å². The van der Waals surface area contributed by atoms with Gasteiger partial charge in [0, 0.05) is 6.42 Å². The van der Waals surface area contributed by atoms with Gasteiger partial charge in [-0.15, -0.1) is 0 Å². The summed E-state index contributed by atoms with van der Waals surface area (Å²) in [4.78, 5) is 25.5. The second-order valence-corrected chi connectivity index (χ2v) is 7.61. The van der Waals surface area contributed by atoms with E-state index < -0.39 is 12.0 Å². The van der Waals surface area contributed by atoms with Crippen LogP contribution in [0.2, 0.25) is 0 Å². The molecule has 0 aliphatic heterocycles. The second kappa shape index (κ2) is 8.48. The predicted octanol–water partition coefficient (Wildman–Crippen LogP) is 4.16. The molecule has 0 radical (unpaired) electrons. The Kier molecular flexibility index (Phi) is 5.61. The monoisotopic (exact) mass is 387 g/mol. The van der Waals surface area contributed by atoms with Gasteiger partial charge in [-0.1, -0.05) is 66.7 Å². The predicted molar refractivity (Wildman–Crippen MR) is 114 cm³/mol. The molecule has 4 nitrogen and oxygen atoms in total. The van der Waals surface area contributed by atoms with Crippen molar-refractivity contribution in [3.8, 4) is 0 Å². The highest BCUT2D eigenvalue weighted by Gasteiger charge is 2.30. The number of carbonyl (C=O) groups excluding carboxylic acids is 2. The van der Waals surface area contributed by atoms with Crippen LogP contribution in [0.3, 0.4) is 0 Å². The van der Waals surface area contributed by atoms with E-state index in [0.29, 0.717) is 6.42 Å². The Balaban J connectivity index is 1.54. The van der Waals surface area contributed by atoms with Crippen molar-refractivity contribution >= 4 is 22.6 Å². The molecule has 0 spiro atoms. The summed E-state index contributed by atoms with van der Waals surface area (Å²) in [6.45, 7) is 0. The molecule has 0 saturated carbocycles. The van der Waals surface area contributed by atoms with Gasteiger partial charge in [-0.2, -0.15) is 0 Å². The molecule has 1 aliphatic rings. The molecular formula is C25H25NO3. The third-order valence-electron chi connectivity index (χ3n) is 5.74. The number of nitrogens with one attached hydrogen (secondary N) is 1. The van der Waals surface area contributed by atoms with Crippen LogP contribution in [0.25, 0.3) is 10.8 Å². The van der Waals surface area contributed by atoms with Gasteiger partial charge in [-0.25, -0.2) is 4.79 Å². The van der Waals surface area contributed by atoms with Crippen molar-refractivity contribution in [2.75, 3.05) is 7.11 Å². The minimum atomic E-state index is -0.706. The summed E-state index contributed by atoms with van der Waals surface area (Å²) < 4.78 is 4.98. The van der Waals surface area contributed by atoms with Crippen LogP contribution in [-0.2, 0) is 27.2 Å². The lowest BCUT2D eigenvalue weighted by molar-refractivity contribution is -0.145. The van der Waals surface area contributed by atoms with E-state index in [9.17, 15) is 9.59 Å². The molecule has 3 aromatic carbocycles. The number of carbonyl (C=O) groups is 2. The molecule has 0 aromatic heterocycles. The summed E-state index contributed by atoms with van der Waals surface area (Å²) in [6, 6.07) is 21.6. The summed E-state index contributed by atoms with van der Waals surface area (Å²) >= 11 is 0. The van der Waals surface area contributed by atoms with Crippen LogP contribution < -0.4 is 5.32 Å². The van der Waals surface area contributed by atoms with Crippen molar-refractivity contribution < 1.29 is 14.3 Å². The summed E-state index contributed by atoms with van der Waals surface area (Å²) in [7, 11) is 1.36. The maximum Gasteiger partial charge on any atom is 0.328 e. The van der Waals surface area contributed by atoms with Crippen LogP contribution in [0.15, 0.2) is 66.7 Å². The number of methoxy groups -OCH3 is 1. The number of amides is 1. The van der Waals surface area contributed by atoms with E-state index in [1.165, 1.54) is 12.7 Å². The maximum atomic E-state index is 13.1. The van der Waals surface area contributed by atoms with Gasteiger partial charge in [0.2, 0.25) is 5.91 Å². The van der Waals surface area contributed by atoms with Crippen molar-refractivity contribution in [1.29, 1.82) is 0 Å². The smallest absolute Gasteiger partial charge is 0.328 e. The highest BCUT2D eigenvalue weighted by atomic mass is 16.5. The summed E-state index contributed by atoms with van der Waals surface area (Å²) in [5, 5.41) is 5.22. The average molecular weight is 387 g/mol. The molecule has 1 aliphatic carbocycles. The molecule has 3 aromatic rings. The zero-order chi connectivity index (χ0) is 20.2. The van der Waals surface area contributed by atoms with Gasteiger partial charge in [0.05, 0.1) is 13.0 Å². The molecule has 4 heteroatoms. The Morgan fingerprint density at radius 3 is 2.62 bits per heavy atom. The number of aryl methyl sites for hydroxylation is 1. The van der Waals surface area contributed by atoms with E-state index in [2.05, 4.69) is 23.5 Å². The number of ether oxygens (including phenoxy) is 1. The van der Waals surface area contributed by atoms with Crippen molar-refractivity contribution in [3.05, 3.63) is 83.4 Å². The zero-order valence-corrected chi connectivity index (χ0v) is 16.6. The van der Waals surface area contributed by atoms with Gasteiger partial charge in [-0.05, 0) is 46.7 Å². The van der Waals surface area contributed by atoms with Crippen LogP contribution in [0, 0.1) is 0 Å². The highest BCUT2D eigenvalue weighted by Crippen LogP contribution is 2.31. The molecule has 1 N–H and O–H groups in total. The number of hydrogen-bond donors (Lipinski definition) is 1. The highest BCUT2D eigenvalue weighted by molar-refractivity contribution is 5.89. The zero-order valence-electron chi connectivity index (χ0n) is 16.6. The minimum Gasteiger partial charge on any atom is -0.467 e. The van der Waals surface area contributed by atoms with Crippen molar-refractivity contribution in [2.45, 2.75) is 37.6 Å². The topological polar surface area (TPSA) is 55.4 Å². The number of rotatable bonds is 5. The minimum absolute atomic E-state index is 0.103. The van der Waals surface area contributed by atoms with E-state index in [-0.39, 0.29) is 11.8 Å². The third-order valence-corrected chi connectivity index (χ3v) is 5.74. The van der Waals surface area contributed by atoms with Crippen LogP contribution in [-0.4, -0.2) is 25.0 Å². The molecule has 0 heterocycles. The van der Waals surface area contributed by atoms with Crippen molar-refractivity contribution in [3.63, 3.8) is 0 Å². The van der Waals surface area contributed by atoms with Crippen molar-refractivity contribution in [1.82, 2.24) is 5.32 Å². The molecule has 4 rings (SSSR count). The SMILES string of the molecule is COC(=O)[C@H](Cc1ccc2ccccc2c1)NC(=O)C1CCCc2ccccc21. The Labute approximate surface area is 170 Å². The molecule has 2 atom stereocenters. The van der Waals surface area contributed by atoms with Crippen LogP contribution >= 0.6 is 0 Å². The van der Waals surface area contributed by atoms with Crippen LogP contribution in [0.4, 0.5) is 0 Å². The third kappa shape index (κ3) is 4.16. The Morgan fingerprint density at radius 2 is 1.79 bits per heavy atom. The molecular weight excluding hydrogens is 362 g/mol. The molecule has 1 amide bonds. The molecule has 0 bridgehead atoms. The second-order valence-electron chi connectivity index (χ2n) is 7.61. The quantitative estimate of drug-likeness (QED) is 0.669. The van der Waals surface area contributed by atoms with Gasteiger partial charge >= 0.3 is 5.97 Å². The largest absolute Gasteiger partial charge is 0.467 e. The van der Waals surface area contributed by atoms with E-state index in [4.69, 9.17) is 4.74 Å². The lowest BCUT2D eigenvalue weighted by Crippen LogP contribution is -2.45. The first kappa shape index (κ1) is 19.2. The van der Waals surface area contributed by atoms with E-state index in [1.54, 1.807) is 0 Å². The standard InChI is InChI=1S/C25H25NO3/c1-29-25(28)23(16-17-13-14-18-7-2-3-9-20(18)15-17)26-24(27)22-12-6-10-19-8-4-5-11-21(19)22/h2-5,7-9,11,13-15,22-23H,6,10,12,16H2,1H3,(H,26,27)/t22?,23-/m0/s1. The van der Waals surface area contributed by atoms with Gasteiger partial charge in [0.25, 0.3) is 0 Å². The number of hydrogen-bond acceptors (Lipinski definition) is 3. The molecule has 0 fully saturated rings. The van der Waals surface area contributed by atoms with Crippen LogP contribution in [0.5, 0.6) is 0 Å². The van der Waals surface area contributed by atoms with Gasteiger partial charge in [0.1, 0.15) is 6.04 Å². The first-order chi connectivity index (χ1) is 14.2. The Morgan fingerprint density at radius 1 is 1.03 bits per heavy atom. The normalized spacial score (nSPS) is 16.7. The lowest BCUT2D eigenvalue weighted by Gasteiger charge is -2.26.